The molecule has 0 fully saturated rings. The Labute approximate surface area is 63.2 Å². The maximum atomic E-state index is 7.18. The molecule has 0 aliphatic rings. The van der Waals surface area contributed by atoms with E-state index in [9.17, 15) is 0 Å². The lowest BCUT2D eigenvalue weighted by Crippen LogP contribution is -1.74. The van der Waals surface area contributed by atoms with Gasteiger partial charge in [-0.1, -0.05) is 15.9 Å². The van der Waals surface area contributed by atoms with Crippen molar-refractivity contribution in [3.63, 3.8) is 0 Å². The Morgan fingerprint density at radius 2 is 2.33 bits per heavy atom. The Balaban J connectivity index is 5.30. The summed E-state index contributed by atoms with van der Waals surface area (Å²) in [6, 6.07) is 0. The van der Waals surface area contributed by atoms with Crippen LogP contribution in [0.25, 0.3) is 0 Å². The van der Waals surface area contributed by atoms with E-state index < -0.39 is 23.9 Å². The lowest BCUT2D eigenvalue weighted by Gasteiger charge is -1.83. The lowest BCUT2D eigenvalue weighted by molar-refractivity contribution is 0.909. The first kappa shape index (κ1) is 1.19. The van der Waals surface area contributed by atoms with Gasteiger partial charge in [-0.3, -0.25) is 0 Å². The van der Waals surface area contributed by atoms with Gasteiger partial charge in [0.1, 0.15) is 0 Å². The molecule has 0 atom stereocenters. The molecule has 6 heavy (non-hydrogen) atoms. The molecule has 0 unspecified atom stereocenters. The summed E-state index contributed by atoms with van der Waals surface area (Å²) in [5, 5.41) is -2.72. The smallest absolute Gasteiger partial charge is 0.0435 e. The zero-order valence-corrected chi connectivity index (χ0v) is 5.10. The van der Waals surface area contributed by atoms with Crippen LogP contribution in [0.4, 0.5) is 0 Å². The van der Waals surface area contributed by atoms with E-state index in [4.69, 9.17) is 22.6 Å². The van der Waals surface area contributed by atoms with Crippen LogP contribution < -0.4 is 0 Å². The second-order valence-corrected chi connectivity index (χ2v) is 1.02. The molecule has 0 saturated heterocycles. The van der Waals surface area contributed by atoms with Gasteiger partial charge in [0, 0.05) is 22.1 Å². The van der Waals surface area contributed by atoms with E-state index in [-0.39, 0.29) is 0 Å². The quantitative estimate of drug-likeness (QED) is 0.584. The third-order valence-corrected chi connectivity index (χ3v) is 0.450. The molecule has 0 aromatic heterocycles. The van der Waals surface area contributed by atoms with E-state index >= 15 is 0 Å². The molecule has 0 spiro atoms. The molecule has 0 bridgehead atoms. The Morgan fingerprint density at radius 1 is 1.67 bits per heavy atom. The molecule has 0 aromatic rings. The van der Waals surface area contributed by atoms with Crippen LogP contribution in [0.15, 0.2) is 0 Å². The predicted octanol–water partition coefficient (Wildman–Crippen LogP) is 2.40. The largest absolute Gasteiger partial charge is 0.127 e. The van der Waals surface area contributed by atoms with E-state index in [0.717, 1.165) is 0 Å². The van der Waals surface area contributed by atoms with Gasteiger partial charge in [0.25, 0.3) is 0 Å². The fourth-order valence-corrected chi connectivity index (χ4v) is 0.194. The highest BCUT2D eigenvalue weighted by Gasteiger charge is 1.78. The first-order chi connectivity index (χ1) is 5.75. The normalized spacial score (nSPS) is 38.3. The third kappa shape index (κ3) is 4.77. The fraction of sp³-hybridized carbons (Fsp3) is 1.00. The van der Waals surface area contributed by atoms with Crippen molar-refractivity contribution in [3.8, 4) is 0 Å². The van der Waals surface area contributed by atoms with Gasteiger partial charge in [0.15, 0.2) is 0 Å². The van der Waals surface area contributed by atoms with E-state index in [0.29, 0.717) is 0 Å². The Morgan fingerprint density at radius 3 is 2.50 bits per heavy atom. The first-order valence-electron chi connectivity index (χ1n) is 5.13. The molecular formula is C4H8BrCl. The van der Waals surface area contributed by atoms with Crippen molar-refractivity contribution >= 4 is 27.5 Å². The highest BCUT2D eigenvalue weighted by Crippen LogP contribution is 1.94. The van der Waals surface area contributed by atoms with Crippen molar-refractivity contribution in [1.29, 1.82) is 0 Å². The van der Waals surface area contributed by atoms with Crippen LogP contribution in [0.1, 0.15) is 23.7 Å². The summed E-state index contributed by atoms with van der Waals surface area (Å²) >= 11 is 7.37. The SMILES string of the molecule is [2H]C([2H])(Cl)C([2H])([2H])C([2H])([2H])C([2H])([2H])Br. The van der Waals surface area contributed by atoms with Gasteiger partial charge in [0.2, 0.25) is 0 Å². The minimum Gasteiger partial charge on any atom is -0.127 e. The van der Waals surface area contributed by atoms with Crippen molar-refractivity contribution in [2.45, 2.75) is 12.7 Å². The summed E-state index contributed by atoms with van der Waals surface area (Å²) in [6.45, 7) is 0. The molecule has 0 heterocycles. The van der Waals surface area contributed by atoms with Crippen molar-refractivity contribution < 1.29 is 11.0 Å². The van der Waals surface area contributed by atoms with Gasteiger partial charge >= 0.3 is 0 Å². The number of hydrogen-bond acceptors (Lipinski definition) is 0. The molecule has 0 N–H and O–H groups in total. The molecule has 0 aliphatic carbocycles. The number of hydrogen-bond donors (Lipinski definition) is 0. The van der Waals surface area contributed by atoms with Gasteiger partial charge in [-0.25, -0.2) is 0 Å². The van der Waals surface area contributed by atoms with Crippen LogP contribution in [0, 0.1) is 0 Å². The minimum atomic E-state index is -3.17. The summed E-state index contributed by atoms with van der Waals surface area (Å²) in [7, 11) is 0. The summed E-state index contributed by atoms with van der Waals surface area (Å²) in [5.74, 6) is -3.00. The van der Waals surface area contributed by atoms with Crippen molar-refractivity contribution in [2.24, 2.45) is 0 Å². The zero-order valence-electron chi connectivity index (χ0n) is 10.8. The second kappa shape index (κ2) is 5.77. The Hall–Kier alpha value is 0.770. The van der Waals surface area contributed by atoms with Crippen LogP contribution in [0.2, 0.25) is 0 Å². The topological polar surface area (TPSA) is 0 Å². The van der Waals surface area contributed by atoms with Crippen molar-refractivity contribution in [2.75, 3.05) is 11.1 Å². The maximum absolute atomic E-state index is 7.18. The summed E-state index contributed by atoms with van der Waals surface area (Å²) in [4.78, 5) is 0. The van der Waals surface area contributed by atoms with Crippen LogP contribution >= 0.6 is 27.5 Å². The first-order valence-corrected chi connectivity index (χ1v) is 2.30. The number of alkyl halides is 2. The molecule has 0 amide bonds. The van der Waals surface area contributed by atoms with E-state index in [1.165, 1.54) is 0 Å². The summed E-state index contributed by atoms with van der Waals surface area (Å²) in [5.41, 5.74) is 0. The molecule has 2 heteroatoms. The van der Waals surface area contributed by atoms with Gasteiger partial charge < -0.3 is 0 Å². The van der Waals surface area contributed by atoms with Crippen LogP contribution in [-0.2, 0) is 0 Å². The van der Waals surface area contributed by atoms with Gasteiger partial charge in [0.05, 0.1) is 0 Å². The highest BCUT2D eigenvalue weighted by molar-refractivity contribution is 9.09. The number of halogens is 2. The molecule has 38 valence electrons. The Bertz CT molecular complexity index is 190. The molecule has 0 aromatic carbocycles. The minimum absolute atomic E-state index is 2.32. The molecular weight excluding hydrogens is 163 g/mol. The second-order valence-electron chi connectivity index (χ2n) is 0.439. The van der Waals surface area contributed by atoms with Gasteiger partial charge in [-0.15, -0.1) is 11.6 Å². The average molecular weight is 180 g/mol. The lowest BCUT2D eigenvalue weighted by atomic mass is 10.4. The number of rotatable bonds is 3. The Kier molecular flexibility index (Phi) is 1.14. The third-order valence-electron chi connectivity index (χ3n) is 0.157. The zero-order chi connectivity index (χ0) is 12.0. The fourth-order valence-electron chi connectivity index (χ4n) is 0.0472. The standard InChI is InChI=1S/C4H8BrCl/c5-3-1-2-4-6/h1-4H2/i1D2,2D2,3D2,4D2. The monoisotopic (exact) mass is 178 g/mol. The average Bonchev–Trinajstić information content (AvgIpc) is 1.81. The highest BCUT2D eigenvalue weighted by atomic mass is 79.9. The van der Waals surface area contributed by atoms with E-state index in [2.05, 4.69) is 15.9 Å². The van der Waals surface area contributed by atoms with E-state index in [1.54, 1.807) is 0 Å². The molecule has 0 saturated carbocycles. The van der Waals surface area contributed by atoms with Crippen LogP contribution in [-0.4, -0.2) is 11.1 Å². The van der Waals surface area contributed by atoms with Gasteiger partial charge in [-0.2, -0.15) is 0 Å². The van der Waals surface area contributed by atoms with Crippen molar-refractivity contribution in [1.82, 2.24) is 0 Å². The van der Waals surface area contributed by atoms with Crippen LogP contribution in [0.5, 0.6) is 0 Å². The molecule has 0 rings (SSSR count). The summed E-state index contributed by atoms with van der Waals surface area (Å²) in [6.07, 6.45) is -6.28. The van der Waals surface area contributed by atoms with Crippen LogP contribution in [0.3, 0.4) is 0 Å². The van der Waals surface area contributed by atoms with E-state index in [1.807, 2.05) is 0 Å². The van der Waals surface area contributed by atoms with Crippen molar-refractivity contribution in [3.05, 3.63) is 0 Å². The molecule has 0 radical (unpaired) electrons. The molecule has 0 aliphatic heterocycles. The molecule has 0 nitrogen and oxygen atoms in total. The maximum Gasteiger partial charge on any atom is 0.0435 e. The predicted molar refractivity (Wildman–Crippen MR) is 33.7 cm³/mol. The summed E-state index contributed by atoms with van der Waals surface area (Å²) < 4.78 is 56.5. The van der Waals surface area contributed by atoms with Gasteiger partial charge in [-0.05, 0) is 12.7 Å².